The van der Waals surface area contributed by atoms with Gasteiger partial charge < -0.3 is 16.4 Å². The predicted octanol–water partition coefficient (Wildman–Crippen LogP) is 2.66. The zero-order valence-electron chi connectivity index (χ0n) is 11.1. The smallest absolute Gasteiger partial charge is 0.250 e. The minimum absolute atomic E-state index is 0.234. The van der Waals surface area contributed by atoms with Gasteiger partial charge in [-0.15, -0.1) is 0 Å². The van der Waals surface area contributed by atoms with E-state index >= 15 is 0 Å². The van der Waals surface area contributed by atoms with Gasteiger partial charge in [0, 0.05) is 17.9 Å². The minimum Gasteiger partial charge on any atom is -0.398 e. The van der Waals surface area contributed by atoms with Gasteiger partial charge in [0.25, 0.3) is 5.91 Å². The van der Waals surface area contributed by atoms with E-state index < -0.39 is 5.91 Å². The molecular formula is C15H16FN3O. The van der Waals surface area contributed by atoms with Crippen molar-refractivity contribution < 1.29 is 9.18 Å². The average molecular weight is 273 g/mol. The molecule has 0 saturated heterocycles. The summed E-state index contributed by atoms with van der Waals surface area (Å²) in [5.41, 5.74) is 12.6. The van der Waals surface area contributed by atoms with E-state index in [1.165, 1.54) is 6.07 Å². The number of anilines is 3. The molecule has 2 rings (SSSR count). The summed E-state index contributed by atoms with van der Waals surface area (Å²) in [7, 11) is 0. The molecule has 0 aliphatic rings. The summed E-state index contributed by atoms with van der Waals surface area (Å²) < 4.78 is 13.9. The Morgan fingerprint density at radius 3 is 2.55 bits per heavy atom. The monoisotopic (exact) mass is 273 g/mol. The average Bonchev–Trinajstić information content (AvgIpc) is 2.43. The van der Waals surface area contributed by atoms with Crippen LogP contribution in [0.3, 0.4) is 0 Å². The first-order valence-corrected chi connectivity index (χ1v) is 6.26. The molecule has 2 aromatic rings. The topological polar surface area (TPSA) is 72.3 Å². The fourth-order valence-electron chi connectivity index (χ4n) is 2.09. The zero-order valence-corrected chi connectivity index (χ0v) is 11.1. The van der Waals surface area contributed by atoms with Gasteiger partial charge in [-0.05, 0) is 37.3 Å². The van der Waals surface area contributed by atoms with E-state index in [4.69, 9.17) is 11.5 Å². The summed E-state index contributed by atoms with van der Waals surface area (Å²) in [6.07, 6.45) is 0. The number of nitrogens with two attached hydrogens (primary N) is 2. The first kappa shape index (κ1) is 13.9. The Labute approximate surface area is 116 Å². The summed E-state index contributed by atoms with van der Waals surface area (Å²) in [5.74, 6) is -0.930. The number of carbonyl (C=O) groups is 1. The van der Waals surface area contributed by atoms with Crippen LogP contribution in [0, 0.1) is 5.82 Å². The summed E-state index contributed by atoms with van der Waals surface area (Å²) in [5, 5.41) is 0. The van der Waals surface area contributed by atoms with Crippen LogP contribution in [0.4, 0.5) is 21.5 Å². The highest BCUT2D eigenvalue weighted by molar-refractivity contribution is 5.99. The van der Waals surface area contributed by atoms with Crippen LogP contribution in [0.2, 0.25) is 0 Å². The summed E-state index contributed by atoms with van der Waals surface area (Å²) in [4.78, 5) is 13.1. The normalized spacial score (nSPS) is 10.3. The van der Waals surface area contributed by atoms with Crippen LogP contribution in [0.5, 0.6) is 0 Å². The Balaban J connectivity index is 2.50. The molecule has 0 aliphatic heterocycles. The van der Waals surface area contributed by atoms with Crippen LogP contribution in [-0.2, 0) is 0 Å². The van der Waals surface area contributed by atoms with Gasteiger partial charge in [-0.3, -0.25) is 4.79 Å². The molecule has 0 aromatic heterocycles. The van der Waals surface area contributed by atoms with E-state index in [0.29, 0.717) is 23.6 Å². The van der Waals surface area contributed by atoms with Crippen LogP contribution >= 0.6 is 0 Å². The molecule has 0 atom stereocenters. The highest BCUT2D eigenvalue weighted by Gasteiger charge is 2.14. The molecule has 0 spiro atoms. The van der Waals surface area contributed by atoms with Crippen molar-refractivity contribution in [1.29, 1.82) is 0 Å². The number of para-hydroxylation sites is 1. The van der Waals surface area contributed by atoms with Gasteiger partial charge in [-0.25, -0.2) is 4.39 Å². The van der Waals surface area contributed by atoms with Crippen molar-refractivity contribution in [3.05, 3.63) is 53.8 Å². The van der Waals surface area contributed by atoms with Crippen molar-refractivity contribution >= 4 is 23.0 Å². The van der Waals surface area contributed by atoms with Crippen molar-refractivity contribution in [1.82, 2.24) is 0 Å². The molecule has 0 unspecified atom stereocenters. The van der Waals surface area contributed by atoms with Crippen molar-refractivity contribution in [3.63, 3.8) is 0 Å². The molecule has 4 N–H and O–H groups in total. The molecule has 0 saturated carbocycles. The molecule has 0 heterocycles. The quantitative estimate of drug-likeness (QED) is 0.841. The number of primary amides is 1. The first-order chi connectivity index (χ1) is 9.54. The SMILES string of the molecule is CCN(c1ccc(N)c(C(N)=O)c1)c1ccccc1F. The van der Waals surface area contributed by atoms with Gasteiger partial charge in [-0.2, -0.15) is 0 Å². The fourth-order valence-corrected chi connectivity index (χ4v) is 2.09. The van der Waals surface area contributed by atoms with Crippen molar-refractivity contribution in [2.24, 2.45) is 5.73 Å². The number of hydrogen-bond donors (Lipinski definition) is 2. The standard InChI is InChI=1S/C15H16FN3O/c1-2-19(14-6-4-3-5-12(14)16)10-7-8-13(17)11(9-10)15(18)20/h3-9H,2,17H2,1H3,(H2,18,20). The summed E-state index contributed by atoms with van der Waals surface area (Å²) >= 11 is 0. The number of hydrogen-bond acceptors (Lipinski definition) is 3. The van der Waals surface area contributed by atoms with Gasteiger partial charge >= 0.3 is 0 Å². The molecule has 0 bridgehead atoms. The van der Waals surface area contributed by atoms with E-state index in [1.807, 2.05) is 6.92 Å². The molecule has 0 radical (unpaired) electrons. The van der Waals surface area contributed by atoms with Gasteiger partial charge in [0.2, 0.25) is 0 Å². The lowest BCUT2D eigenvalue weighted by atomic mass is 10.1. The van der Waals surface area contributed by atoms with Crippen molar-refractivity contribution in [2.75, 3.05) is 17.2 Å². The van der Waals surface area contributed by atoms with Crippen LogP contribution in [0.15, 0.2) is 42.5 Å². The lowest BCUT2D eigenvalue weighted by molar-refractivity contribution is 0.100. The third-order valence-electron chi connectivity index (χ3n) is 3.07. The summed E-state index contributed by atoms with van der Waals surface area (Å²) in [6.45, 7) is 2.44. The number of carbonyl (C=O) groups excluding carboxylic acids is 1. The molecular weight excluding hydrogens is 257 g/mol. The second kappa shape index (κ2) is 5.61. The predicted molar refractivity (Wildman–Crippen MR) is 78.5 cm³/mol. The molecule has 20 heavy (non-hydrogen) atoms. The van der Waals surface area contributed by atoms with Gasteiger partial charge in [-0.1, -0.05) is 12.1 Å². The minimum atomic E-state index is -0.603. The molecule has 0 fully saturated rings. The van der Waals surface area contributed by atoms with Crippen molar-refractivity contribution in [3.8, 4) is 0 Å². The number of amides is 1. The molecule has 4 nitrogen and oxygen atoms in total. The number of nitrogens with zero attached hydrogens (tertiary/aromatic N) is 1. The van der Waals surface area contributed by atoms with E-state index in [1.54, 1.807) is 41.3 Å². The largest absolute Gasteiger partial charge is 0.398 e. The summed E-state index contributed by atoms with van der Waals surface area (Å²) in [6, 6.07) is 11.4. The Kier molecular flexibility index (Phi) is 3.89. The maximum absolute atomic E-state index is 13.9. The lowest BCUT2D eigenvalue weighted by Gasteiger charge is -2.24. The highest BCUT2D eigenvalue weighted by Crippen LogP contribution is 2.29. The molecule has 104 valence electrons. The van der Waals surface area contributed by atoms with Crippen LogP contribution in [0.25, 0.3) is 0 Å². The molecule has 2 aromatic carbocycles. The number of nitrogen functional groups attached to an aromatic ring is 1. The number of rotatable bonds is 4. The third kappa shape index (κ3) is 2.56. The number of halogens is 1. The maximum Gasteiger partial charge on any atom is 0.250 e. The van der Waals surface area contributed by atoms with E-state index in [2.05, 4.69) is 0 Å². The lowest BCUT2D eigenvalue weighted by Crippen LogP contribution is -2.19. The van der Waals surface area contributed by atoms with Crippen LogP contribution < -0.4 is 16.4 Å². The first-order valence-electron chi connectivity index (χ1n) is 6.26. The molecule has 1 amide bonds. The molecule has 0 aliphatic carbocycles. The van der Waals surface area contributed by atoms with Crippen LogP contribution in [0.1, 0.15) is 17.3 Å². The van der Waals surface area contributed by atoms with Crippen molar-refractivity contribution in [2.45, 2.75) is 6.92 Å². The molecule has 5 heteroatoms. The second-order valence-corrected chi connectivity index (χ2v) is 4.33. The Morgan fingerprint density at radius 1 is 1.25 bits per heavy atom. The van der Waals surface area contributed by atoms with E-state index in [9.17, 15) is 9.18 Å². The number of benzene rings is 2. The maximum atomic E-state index is 13.9. The fraction of sp³-hybridized carbons (Fsp3) is 0.133. The Morgan fingerprint density at radius 2 is 1.95 bits per heavy atom. The third-order valence-corrected chi connectivity index (χ3v) is 3.07. The Bertz CT molecular complexity index is 643. The van der Waals surface area contributed by atoms with Gasteiger partial charge in [0.1, 0.15) is 5.82 Å². The Hall–Kier alpha value is -2.56. The second-order valence-electron chi connectivity index (χ2n) is 4.33. The van der Waals surface area contributed by atoms with E-state index in [0.717, 1.165) is 0 Å². The van der Waals surface area contributed by atoms with Gasteiger partial charge in [0.15, 0.2) is 0 Å². The highest BCUT2D eigenvalue weighted by atomic mass is 19.1. The van der Waals surface area contributed by atoms with Gasteiger partial charge in [0.05, 0.1) is 11.3 Å². The van der Waals surface area contributed by atoms with Crippen LogP contribution in [-0.4, -0.2) is 12.5 Å². The zero-order chi connectivity index (χ0) is 14.7. The van der Waals surface area contributed by atoms with E-state index in [-0.39, 0.29) is 11.4 Å².